The maximum Gasteiger partial charge on any atom is 0.222 e. The molecule has 0 aliphatic heterocycles. The van der Waals surface area contributed by atoms with Gasteiger partial charge >= 0.3 is 0 Å². The molecule has 0 aliphatic rings. The van der Waals surface area contributed by atoms with Gasteiger partial charge < -0.3 is 11.1 Å². The second kappa shape index (κ2) is 6.20. The van der Waals surface area contributed by atoms with Crippen molar-refractivity contribution >= 4 is 22.8 Å². The van der Waals surface area contributed by atoms with Crippen LogP contribution in [-0.4, -0.2) is 24.5 Å². The summed E-state index contributed by atoms with van der Waals surface area (Å²) in [6.45, 7) is 2.45. The highest BCUT2D eigenvalue weighted by Crippen LogP contribution is 2.20. The zero-order valence-corrected chi connectivity index (χ0v) is 13.7. The fourth-order valence-electron chi connectivity index (χ4n) is 2.78. The van der Waals surface area contributed by atoms with Crippen molar-refractivity contribution < 1.29 is 0 Å². The van der Waals surface area contributed by atoms with Crippen LogP contribution in [0.25, 0.3) is 16.9 Å². The van der Waals surface area contributed by atoms with Crippen molar-refractivity contribution in [3.8, 4) is 5.82 Å². The molecule has 0 amide bonds. The fourth-order valence-corrected chi connectivity index (χ4v) is 2.78. The van der Waals surface area contributed by atoms with Crippen LogP contribution in [0.4, 0.5) is 11.8 Å². The summed E-state index contributed by atoms with van der Waals surface area (Å²) in [5.74, 6) is 1.78. The predicted molar refractivity (Wildman–Crippen MR) is 97.4 cm³/mol. The summed E-state index contributed by atoms with van der Waals surface area (Å²) in [7, 11) is 0. The lowest BCUT2D eigenvalue weighted by Crippen LogP contribution is -2.09. The molecule has 0 saturated heterocycles. The number of benzene rings is 1. The number of hydrogen-bond acceptors (Lipinski definition) is 6. The molecule has 3 aromatic heterocycles. The summed E-state index contributed by atoms with van der Waals surface area (Å²) in [5.41, 5.74) is 9.51. The first-order chi connectivity index (χ1) is 12.2. The summed E-state index contributed by atoms with van der Waals surface area (Å²) >= 11 is 0. The zero-order chi connectivity index (χ0) is 17.2. The van der Waals surface area contributed by atoms with Gasteiger partial charge in [-0.05, 0) is 25.1 Å². The molecule has 7 nitrogen and oxygen atoms in total. The Morgan fingerprint density at radius 2 is 1.96 bits per heavy atom. The molecule has 25 heavy (non-hydrogen) atoms. The SMILES string of the molecule is Cc1cc(NCc2cccnc2-n2cnc3ccccc32)nc(N)n1. The molecule has 124 valence electrons. The summed E-state index contributed by atoms with van der Waals surface area (Å²) in [6, 6.07) is 13.8. The van der Waals surface area contributed by atoms with Crippen molar-refractivity contribution in [3.05, 3.63) is 66.2 Å². The molecule has 3 N–H and O–H groups in total. The van der Waals surface area contributed by atoms with Crippen molar-refractivity contribution in [2.75, 3.05) is 11.1 Å². The third-order valence-corrected chi connectivity index (χ3v) is 3.88. The second-order valence-corrected chi connectivity index (χ2v) is 5.70. The van der Waals surface area contributed by atoms with Crippen molar-refractivity contribution in [1.29, 1.82) is 0 Å². The molecule has 0 bridgehead atoms. The molecular weight excluding hydrogens is 314 g/mol. The maximum atomic E-state index is 5.71. The molecule has 4 rings (SSSR count). The Kier molecular flexibility index (Phi) is 3.74. The molecule has 4 aromatic rings. The summed E-state index contributed by atoms with van der Waals surface area (Å²) in [5, 5.41) is 3.29. The average Bonchev–Trinajstić information content (AvgIpc) is 3.03. The summed E-state index contributed by atoms with van der Waals surface area (Å²) in [4.78, 5) is 17.3. The van der Waals surface area contributed by atoms with E-state index in [2.05, 4.69) is 25.3 Å². The molecule has 0 radical (unpaired) electrons. The molecule has 7 heteroatoms. The molecule has 0 atom stereocenters. The lowest BCUT2D eigenvalue weighted by Gasteiger charge is -2.12. The minimum atomic E-state index is 0.259. The van der Waals surface area contributed by atoms with E-state index in [4.69, 9.17) is 5.73 Å². The largest absolute Gasteiger partial charge is 0.368 e. The van der Waals surface area contributed by atoms with Crippen molar-refractivity contribution in [2.45, 2.75) is 13.5 Å². The topological polar surface area (TPSA) is 94.5 Å². The van der Waals surface area contributed by atoms with Crippen LogP contribution in [0, 0.1) is 6.92 Å². The number of aromatic nitrogens is 5. The third-order valence-electron chi connectivity index (χ3n) is 3.88. The number of hydrogen-bond donors (Lipinski definition) is 2. The Bertz CT molecular complexity index is 1020. The molecule has 1 aromatic carbocycles. The predicted octanol–water partition coefficient (Wildman–Crippen LogP) is 2.71. The molecule has 0 unspecified atom stereocenters. The maximum absolute atomic E-state index is 5.71. The van der Waals surface area contributed by atoms with Gasteiger partial charge in [-0.2, -0.15) is 4.98 Å². The number of imidazole rings is 1. The first-order valence-electron chi connectivity index (χ1n) is 7.92. The van der Waals surface area contributed by atoms with Crippen LogP contribution >= 0.6 is 0 Å². The minimum absolute atomic E-state index is 0.259. The number of nitrogens with one attached hydrogen (secondary N) is 1. The number of rotatable bonds is 4. The van der Waals surface area contributed by atoms with Crippen LogP contribution in [0.5, 0.6) is 0 Å². The molecule has 0 saturated carbocycles. The summed E-state index contributed by atoms with van der Waals surface area (Å²) < 4.78 is 1.99. The number of para-hydroxylation sites is 2. The Morgan fingerprint density at radius 1 is 1.08 bits per heavy atom. The first-order valence-corrected chi connectivity index (χ1v) is 7.92. The van der Waals surface area contributed by atoms with E-state index < -0.39 is 0 Å². The molecular formula is C18H17N7. The van der Waals surface area contributed by atoms with E-state index in [9.17, 15) is 0 Å². The van der Waals surface area contributed by atoms with E-state index in [0.29, 0.717) is 12.4 Å². The Hall–Kier alpha value is -3.48. The van der Waals surface area contributed by atoms with Crippen LogP contribution in [0.2, 0.25) is 0 Å². The Labute approximate surface area is 144 Å². The van der Waals surface area contributed by atoms with E-state index >= 15 is 0 Å². The number of nitrogens with two attached hydrogens (primary N) is 1. The average molecular weight is 331 g/mol. The van der Waals surface area contributed by atoms with Gasteiger partial charge in [-0.1, -0.05) is 18.2 Å². The van der Waals surface area contributed by atoms with Gasteiger partial charge in [0.15, 0.2) is 0 Å². The highest BCUT2D eigenvalue weighted by molar-refractivity contribution is 5.77. The quantitative estimate of drug-likeness (QED) is 0.597. The van der Waals surface area contributed by atoms with Gasteiger partial charge in [-0.15, -0.1) is 0 Å². The van der Waals surface area contributed by atoms with E-state index in [1.807, 2.05) is 54.0 Å². The monoisotopic (exact) mass is 331 g/mol. The van der Waals surface area contributed by atoms with E-state index in [0.717, 1.165) is 28.1 Å². The molecule has 0 aliphatic carbocycles. The van der Waals surface area contributed by atoms with Gasteiger partial charge in [0.2, 0.25) is 5.95 Å². The van der Waals surface area contributed by atoms with E-state index in [1.165, 1.54) is 0 Å². The molecule has 0 spiro atoms. The summed E-state index contributed by atoms with van der Waals surface area (Å²) in [6.07, 6.45) is 3.57. The van der Waals surface area contributed by atoms with E-state index in [1.54, 1.807) is 12.5 Å². The van der Waals surface area contributed by atoms with Crippen LogP contribution in [0.15, 0.2) is 55.0 Å². The lowest BCUT2D eigenvalue weighted by atomic mass is 10.2. The first kappa shape index (κ1) is 15.1. The molecule has 3 heterocycles. The second-order valence-electron chi connectivity index (χ2n) is 5.70. The highest BCUT2D eigenvalue weighted by atomic mass is 15.1. The number of nitrogens with zero attached hydrogens (tertiary/aromatic N) is 5. The minimum Gasteiger partial charge on any atom is -0.368 e. The van der Waals surface area contributed by atoms with Crippen molar-refractivity contribution in [3.63, 3.8) is 0 Å². The standard InChI is InChI=1S/C18H17N7/c1-12-9-16(24-18(19)23-12)21-10-13-5-4-8-20-17(13)25-11-22-14-6-2-3-7-15(14)25/h2-9,11H,10H2,1H3,(H3,19,21,23,24). The third kappa shape index (κ3) is 2.99. The van der Waals surface area contributed by atoms with E-state index in [-0.39, 0.29) is 5.95 Å². The lowest BCUT2D eigenvalue weighted by molar-refractivity contribution is 0.965. The zero-order valence-electron chi connectivity index (χ0n) is 13.7. The van der Waals surface area contributed by atoms with Gasteiger partial charge in [0.05, 0.1) is 11.0 Å². The number of pyridine rings is 1. The number of nitrogen functional groups attached to an aromatic ring is 1. The Morgan fingerprint density at radius 3 is 2.84 bits per heavy atom. The Balaban J connectivity index is 1.67. The van der Waals surface area contributed by atoms with Gasteiger partial charge in [0.25, 0.3) is 0 Å². The van der Waals surface area contributed by atoms with Crippen molar-refractivity contribution in [2.24, 2.45) is 0 Å². The fraction of sp³-hybridized carbons (Fsp3) is 0.111. The van der Waals surface area contributed by atoms with Crippen LogP contribution < -0.4 is 11.1 Å². The van der Waals surface area contributed by atoms with Crippen molar-refractivity contribution in [1.82, 2.24) is 24.5 Å². The normalized spacial score (nSPS) is 10.9. The molecule has 0 fully saturated rings. The van der Waals surface area contributed by atoms with Gasteiger partial charge in [0.1, 0.15) is 18.0 Å². The number of anilines is 2. The highest BCUT2D eigenvalue weighted by Gasteiger charge is 2.10. The van der Waals surface area contributed by atoms with Crippen LogP contribution in [0.3, 0.4) is 0 Å². The van der Waals surface area contributed by atoms with Gasteiger partial charge in [0, 0.05) is 30.1 Å². The van der Waals surface area contributed by atoms with Crippen LogP contribution in [0.1, 0.15) is 11.3 Å². The number of fused-ring (bicyclic) bond motifs is 1. The number of aryl methyl sites for hydroxylation is 1. The smallest absolute Gasteiger partial charge is 0.222 e. The van der Waals surface area contributed by atoms with Gasteiger partial charge in [-0.25, -0.2) is 15.0 Å². The van der Waals surface area contributed by atoms with Crippen LogP contribution in [-0.2, 0) is 6.54 Å². The van der Waals surface area contributed by atoms with Gasteiger partial charge in [-0.3, -0.25) is 4.57 Å².